The number of sulfonamides is 2. The molecule has 0 aliphatic carbocycles. The molecule has 0 bridgehead atoms. The van der Waals surface area contributed by atoms with E-state index in [0.29, 0.717) is 13.0 Å². The van der Waals surface area contributed by atoms with Gasteiger partial charge in [0.15, 0.2) is 0 Å². The van der Waals surface area contributed by atoms with Crippen LogP contribution in [0.5, 0.6) is 0 Å². The van der Waals surface area contributed by atoms with Crippen molar-refractivity contribution < 1.29 is 16.8 Å². The van der Waals surface area contributed by atoms with Gasteiger partial charge in [0.05, 0.1) is 6.26 Å². The molecule has 1 heterocycles. The Morgan fingerprint density at radius 2 is 2.00 bits per heavy atom. The van der Waals surface area contributed by atoms with Crippen LogP contribution in [0.2, 0.25) is 5.15 Å². The Labute approximate surface area is 130 Å². The molecule has 10 heteroatoms. The Morgan fingerprint density at radius 1 is 1.33 bits per heavy atom. The number of aromatic nitrogens is 1. The van der Waals surface area contributed by atoms with Gasteiger partial charge < -0.3 is 0 Å². The van der Waals surface area contributed by atoms with Crippen molar-refractivity contribution in [3.63, 3.8) is 0 Å². The summed E-state index contributed by atoms with van der Waals surface area (Å²) in [6.45, 7) is 2.43. The second-order valence-corrected chi connectivity index (χ2v) is 8.37. The first-order chi connectivity index (χ1) is 9.68. The second kappa shape index (κ2) is 7.50. The van der Waals surface area contributed by atoms with E-state index < -0.39 is 20.0 Å². The van der Waals surface area contributed by atoms with E-state index in [2.05, 4.69) is 9.71 Å². The zero-order valence-corrected chi connectivity index (χ0v) is 14.2. The molecule has 1 N–H and O–H groups in total. The number of hydrogen-bond acceptors (Lipinski definition) is 5. The number of pyridine rings is 1. The number of nitrogens with zero attached hydrogens (tertiary/aromatic N) is 2. The molecule has 0 saturated carbocycles. The molecule has 21 heavy (non-hydrogen) atoms. The highest BCUT2D eigenvalue weighted by Gasteiger charge is 2.18. The fourth-order valence-electron chi connectivity index (χ4n) is 1.67. The third-order valence-corrected chi connectivity index (χ3v) is 6.00. The minimum atomic E-state index is -3.74. The highest BCUT2D eigenvalue weighted by Crippen LogP contribution is 2.17. The smallest absolute Gasteiger partial charge is 0.243 e. The Morgan fingerprint density at radius 3 is 2.52 bits per heavy atom. The second-order valence-electron chi connectivity index (χ2n) is 4.30. The summed E-state index contributed by atoms with van der Waals surface area (Å²) in [5, 5.41) is -0.101. The summed E-state index contributed by atoms with van der Waals surface area (Å²) in [6, 6.07) is 2.83. The van der Waals surface area contributed by atoms with Gasteiger partial charge in [-0.15, -0.1) is 0 Å². The van der Waals surface area contributed by atoms with E-state index in [1.165, 1.54) is 22.6 Å². The van der Waals surface area contributed by atoms with E-state index in [9.17, 15) is 16.8 Å². The molecule has 0 amide bonds. The lowest BCUT2D eigenvalue weighted by Crippen LogP contribution is -2.33. The summed E-state index contributed by atoms with van der Waals surface area (Å²) in [6.07, 6.45) is 2.88. The highest BCUT2D eigenvalue weighted by molar-refractivity contribution is 7.89. The summed E-state index contributed by atoms with van der Waals surface area (Å²) < 4.78 is 50.4. The highest BCUT2D eigenvalue weighted by atomic mass is 35.5. The summed E-state index contributed by atoms with van der Waals surface area (Å²) in [4.78, 5) is 3.61. The molecule has 0 radical (unpaired) electrons. The van der Waals surface area contributed by atoms with E-state index in [0.717, 1.165) is 6.26 Å². The van der Waals surface area contributed by atoms with Crippen molar-refractivity contribution in [1.82, 2.24) is 14.0 Å². The largest absolute Gasteiger partial charge is 0.243 e. The zero-order chi connectivity index (χ0) is 16.1. The molecule has 0 spiro atoms. The lowest BCUT2D eigenvalue weighted by atomic mass is 10.4. The maximum absolute atomic E-state index is 12.0. The van der Waals surface area contributed by atoms with Gasteiger partial charge in [-0.25, -0.2) is 30.8 Å². The van der Waals surface area contributed by atoms with Gasteiger partial charge in [0.25, 0.3) is 0 Å². The molecule has 1 aromatic heterocycles. The third-order valence-electron chi connectivity index (χ3n) is 2.71. The van der Waals surface area contributed by atoms with Crippen LogP contribution in [-0.4, -0.2) is 52.0 Å². The Kier molecular flexibility index (Phi) is 6.54. The summed E-state index contributed by atoms with van der Waals surface area (Å²) in [5.74, 6) is 0. The molecule has 0 fully saturated rings. The fourth-order valence-corrected chi connectivity index (χ4v) is 4.12. The van der Waals surface area contributed by atoms with Crippen molar-refractivity contribution in [2.45, 2.75) is 18.2 Å². The quantitative estimate of drug-likeness (QED) is 0.546. The fraction of sp³-hybridized carbons (Fsp3) is 0.545. The monoisotopic (exact) mass is 355 g/mol. The van der Waals surface area contributed by atoms with Crippen molar-refractivity contribution in [2.24, 2.45) is 0 Å². The average Bonchev–Trinajstić information content (AvgIpc) is 2.37. The molecule has 120 valence electrons. The SMILES string of the molecule is CCN(CCCNS(=O)(=O)c1cccnc1Cl)S(C)(=O)=O. The molecule has 0 unspecified atom stereocenters. The summed E-state index contributed by atoms with van der Waals surface area (Å²) >= 11 is 5.74. The number of rotatable bonds is 8. The van der Waals surface area contributed by atoms with E-state index in [1.54, 1.807) is 6.92 Å². The molecule has 0 aliphatic rings. The van der Waals surface area contributed by atoms with Gasteiger partial charge >= 0.3 is 0 Å². The average molecular weight is 356 g/mol. The topological polar surface area (TPSA) is 96.4 Å². The summed E-state index contributed by atoms with van der Waals surface area (Å²) in [5.41, 5.74) is 0. The molecule has 1 aromatic rings. The van der Waals surface area contributed by atoms with E-state index in [-0.39, 0.29) is 23.1 Å². The predicted molar refractivity (Wildman–Crippen MR) is 81.1 cm³/mol. The van der Waals surface area contributed by atoms with Crippen LogP contribution in [0.3, 0.4) is 0 Å². The standard InChI is InChI=1S/C11H18ClN3O4S2/c1-3-15(20(2,16)17)9-5-8-14-21(18,19)10-6-4-7-13-11(10)12/h4,6-7,14H,3,5,8-9H2,1-2H3. The first kappa shape index (κ1) is 18.3. The van der Waals surface area contributed by atoms with Crippen LogP contribution in [-0.2, 0) is 20.0 Å². The van der Waals surface area contributed by atoms with Gasteiger partial charge in [0.1, 0.15) is 10.0 Å². The molecular weight excluding hydrogens is 338 g/mol. The Balaban J connectivity index is 2.58. The first-order valence-electron chi connectivity index (χ1n) is 6.23. The maximum Gasteiger partial charge on any atom is 0.243 e. The third kappa shape index (κ3) is 5.51. The summed E-state index contributed by atoms with van der Waals surface area (Å²) in [7, 11) is -7.01. The molecule has 1 rings (SSSR count). The minimum Gasteiger partial charge on any atom is -0.243 e. The number of halogens is 1. The molecule has 0 atom stereocenters. The first-order valence-corrected chi connectivity index (χ1v) is 9.94. The van der Waals surface area contributed by atoms with Gasteiger partial charge in [-0.1, -0.05) is 18.5 Å². The van der Waals surface area contributed by atoms with Crippen LogP contribution < -0.4 is 4.72 Å². The minimum absolute atomic E-state index is 0.0953. The van der Waals surface area contributed by atoms with Crippen LogP contribution in [0.15, 0.2) is 23.2 Å². The van der Waals surface area contributed by atoms with Gasteiger partial charge in [0, 0.05) is 25.8 Å². The van der Waals surface area contributed by atoms with Crippen LogP contribution in [0.25, 0.3) is 0 Å². The number of nitrogens with one attached hydrogen (secondary N) is 1. The molecule has 0 aromatic carbocycles. The molecule has 0 aliphatic heterocycles. The lowest BCUT2D eigenvalue weighted by Gasteiger charge is -2.17. The number of hydrogen-bond donors (Lipinski definition) is 1. The van der Waals surface area contributed by atoms with Crippen molar-refractivity contribution in [3.05, 3.63) is 23.5 Å². The normalized spacial score (nSPS) is 12.8. The molecular formula is C11H18ClN3O4S2. The molecule has 0 saturated heterocycles. The van der Waals surface area contributed by atoms with Crippen molar-refractivity contribution in [1.29, 1.82) is 0 Å². The zero-order valence-electron chi connectivity index (χ0n) is 11.8. The van der Waals surface area contributed by atoms with Crippen molar-refractivity contribution in [3.8, 4) is 0 Å². The van der Waals surface area contributed by atoms with Gasteiger partial charge in [-0.05, 0) is 18.6 Å². The van der Waals surface area contributed by atoms with Crippen LogP contribution in [0, 0.1) is 0 Å². The Hall–Kier alpha value is -0.740. The lowest BCUT2D eigenvalue weighted by molar-refractivity contribution is 0.424. The van der Waals surface area contributed by atoms with Gasteiger partial charge in [-0.2, -0.15) is 0 Å². The van der Waals surface area contributed by atoms with E-state index >= 15 is 0 Å². The van der Waals surface area contributed by atoms with Crippen LogP contribution in [0.4, 0.5) is 0 Å². The van der Waals surface area contributed by atoms with Crippen LogP contribution >= 0.6 is 11.6 Å². The van der Waals surface area contributed by atoms with E-state index in [4.69, 9.17) is 11.6 Å². The predicted octanol–water partition coefficient (Wildman–Crippen LogP) is 0.685. The van der Waals surface area contributed by atoms with Gasteiger partial charge in [-0.3, -0.25) is 0 Å². The Bertz CT molecular complexity index is 676. The van der Waals surface area contributed by atoms with E-state index in [1.807, 2.05) is 0 Å². The maximum atomic E-state index is 12.0. The van der Waals surface area contributed by atoms with Crippen molar-refractivity contribution >= 4 is 31.6 Å². The van der Waals surface area contributed by atoms with Gasteiger partial charge in [0.2, 0.25) is 20.0 Å². The van der Waals surface area contributed by atoms with Crippen molar-refractivity contribution in [2.75, 3.05) is 25.9 Å². The molecule has 7 nitrogen and oxygen atoms in total. The van der Waals surface area contributed by atoms with Crippen LogP contribution in [0.1, 0.15) is 13.3 Å².